The summed E-state index contributed by atoms with van der Waals surface area (Å²) in [5.74, 6) is -1.30. The molecule has 1 saturated carbocycles. The fourth-order valence-electron chi connectivity index (χ4n) is 2.70. The largest absolute Gasteiger partial charge is 0.481 e. The number of carbonyl (C=O) groups is 2. The van der Waals surface area contributed by atoms with Gasteiger partial charge in [-0.2, -0.15) is 0 Å². The van der Waals surface area contributed by atoms with E-state index in [1.807, 2.05) is 0 Å². The van der Waals surface area contributed by atoms with Gasteiger partial charge in [-0.15, -0.1) is 0 Å². The van der Waals surface area contributed by atoms with E-state index in [-0.39, 0.29) is 12.1 Å². The standard InChI is InChI=1S/C14H22N2O3/c1-2-5-14(6-7-14)9-15-13(19)16-11-4-3-10(8-11)12(17)18/h3-4,10-11H,2,5-9H2,1H3,(H,17,18)(H2,15,16,19). The summed E-state index contributed by atoms with van der Waals surface area (Å²) in [7, 11) is 0. The number of hydrogen-bond donors (Lipinski definition) is 3. The molecule has 19 heavy (non-hydrogen) atoms. The minimum Gasteiger partial charge on any atom is -0.481 e. The second kappa shape index (κ2) is 5.63. The van der Waals surface area contributed by atoms with Gasteiger partial charge in [-0.3, -0.25) is 4.79 Å². The van der Waals surface area contributed by atoms with Gasteiger partial charge in [0.25, 0.3) is 0 Å². The number of nitrogens with one attached hydrogen (secondary N) is 2. The molecule has 0 heterocycles. The highest BCUT2D eigenvalue weighted by Crippen LogP contribution is 2.48. The highest BCUT2D eigenvalue weighted by Gasteiger charge is 2.41. The molecule has 0 saturated heterocycles. The van der Waals surface area contributed by atoms with E-state index in [0.29, 0.717) is 11.8 Å². The summed E-state index contributed by atoms with van der Waals surface area (Å²) in [6, 6.07) is -0.356. The third-order valence-electron chi connectivity index (χ3n) is 4.08. The summed E-state index contributed by atoms with van der Waals surface area (Å²) in [4.78, 5) is 22.5. The molecule has 2 aliphatic rings. The predicted molar refractivity (Wildman–Crippen MR) is 71.8 cm³/mol. The highest BCUT2D eigenvalue weighted by molar-refractivity contribution is 5.76. The Morgan fingerprint density at radius 2 is 2.11 bits per heavy atom. The topological polar surface area (TPSA) is 78.4 Å². The van der Waals surface area contributed by atoms with Gasteiger partial charge in [0.05, 0.1) is 12.0 Å². The zero-order valence-corrected chi connectivity index (χ0v) is 11.3. The van der Waals surface area contributed by atoms with Crippen LogP contribution in [-0.4, -0.2) is 29.7 Å². The van der Waals surface area contributed by atoms with Crippen molar-refractivity contribution in [2.75, 3.05) is 6.54 Å². The Morgan fingerprint density at radius 3 is 2.63 bits per heavy atom. The van der Waals surface area contributed by atoms with Crippen LogP contribution in [0.25, 0.3) is 0 Å². The summed E-state index contributed by atoms with van der Waals surface area (Å²) in [6.45, 7) is 2.89. The third kappa shape index (κ3) is 3.72. The van der Waals surface area contributed by atoms with Crippen molar-refractivity contribution in [3.63, 3.8) is 0 Å². The molecule has 0 aliphatic heterocycles. The van der Waals surface area contributed by atoms with Crippen LogP contribution >= 0.6 is 0 Å². The summed E-state index contributed by atoms with van der Waals surface area (Å²) < 4.78 is 0. The summed E-state index contributed by atoms with van der Waals surface area (Å²) in [5.41, 5.74) is 0.335. The molecule has 2 amide bonds. The van der Waals surface area contributed by atoms with E-state index < -0.39 is 11.9 Å². The van der Waals surface area contributed by atoms with Crippen LogP contribution in [0.1, 0.15) is 39.0 Å². The van der Waals surface area contributed by atoms with E-state index in [4.69, 9.17) is 5.11 Å². The first kappa shape index (κ1) is 13.9. The molecule has 0 spiro atoms. The van der Waals surface area contributed by atoms with Gasteiger partial charge in [0.15, 0.2) is 0 Å². The van der Waals surface area contributed by atoms with Gasteiger partial charge in [-0.05, 0) is 31.1 Å². The Balaban J connectivity index is 1.68. The average molecular weight is 266 g/mol. The van der Waals surface area contributed by atoms with Crippen molar-refractivity contribution in [3.05, 3.63) is 12.2 Å². The number of carboxylic acid groups (broad SMARTS) is 1. The van der Waals surface area contributed by atoms with E-state index in [2.05, 4.69) is 17.6 Å². The van der Waals surface area contributed by atoms with Gasteiger partial charge >= 0.3 is 12.0 Å². The van der Waals surface area contributed by atoms with Crippen molar-refractivity contribution in [2.45, 2.75) is 45.1 Å². The van der Waals surface area contributed by atoms with Crippen LogP contribution < -0.4 is 10.6 Å². The normalized spacial score (nSPS) is 27.0. The molecule has 2 atom stereocenters. The van der Waals surface area contributed by atoms with Crippen molar-refractivity contribution in [2.24, 2.45) is 11.3 Å². The monoisotopic (exact) mass is 266 g/mol. The Bertz CT molecular complexity index is 388. The molecular weight excluding hydrogens is 244 g/mol. The summed E-state index contributed by atoms with van der Waals surface area (Å²) in [5, 5.41) is 14.6. The third-order valence-corrected chi connectivity index (χ3v) is 4.08. The van der Waals surface area contributed by atoms with Crippen LogP contribution in [0.4, 0.5) is 4.79 Å². The van der Waals surface area contributed by atoms with Crippen LogP contribution in [0.3, 0.4) is 0 Å². The lowest BCUT2D eigenvalue weighted by atomic mass is 10.0. The van der Waals surface area contributed by atoms with Crippen molar-refractivity contribution < 1.29 is 14.7 Å². The van der Waals surface area contributed by atoms with Crippen LogP contribution in [-0.2, 0) is 4.79 Å². The second-order valence-electron chi connectivity index (χ2n) is 5.75. The Morgan fingerprint density at radius 1 is 1.37 bits per heavy atom. The molecule has 5 nitrogen and oxygen atoms in total. The van der Waals surface area contributed by atoms with Gasteiger partial charge in [0.1, 0.15) is 0 Å². The van der Waals surface area contributed by atoms with Gasteiger partial charge < -0.3 is 15.7 Å². The maximum Gasteiger partial charge on any atom is 0.315 e. The molecule has 0 aromatic heterocycles. The first-order chi connectivity index (χ1) is 9.04. The average Bonchev–Trinajstić information content (AvgIpc) is 2.96. The molecule has 0 bridgehead atoms. The molecule has 106 valence electrons. The smallest absolute Gasteiger partial charge is 0.315 e. The van der Waals surface area contributed by atoms with Gasteiger partial charge in [0, 0.05) is 6.54 Å². The minimum atomic E-state index is -0.833. The molecule has 1 fully saturated rings. The molecule has 2 rings (SSSR count). The number of carboxylic acids is 1. The molecule has 0 aromatic carbocycles. The van der Waals surface area contributed by atoms with Crippen LogP contribution in [0.2, 0.25) is 0 Å². The van der Waals surface area contributed by atoms with E-state index in [9.17, 15) is 9.59 Å². The lowest BCUT2D eigenvalue weighted by Crippen LogP contribution is -2.43. The summed E-state index contributed by atoms with van der Waals surface area (Å²) in [6.07, 6.45) is 8.57. The maximum absolute atomic E-state index is 11.8. The van der Waals surface area contributed by atoms with Crippen LogP contribution in [0.15, 0.2) is 12.2 Å². The fourth-order valence-corrected chi connectivity index (χ4v) is 2.70. The number of hydrogen-bond acceptors (Lipinski definition) is 2. The Kier molecular flexibility index (Phi) is 4.12. The van der Waals surface area contributed by atoms with Gasteiger partial charge in [-0.25, -0.2) is 4.79 Å². The number of carbonyl (C=O) groups excluding carboxylic acids is 1. The van der Waals surface area contributed by atoms with E-state index in [0.717, 1.165) is 19.4 Å². The molecule has 0 radical (unpaired) electrons. The lowest BCUT2D eigenvalue weighted by molar-refractivity contribution is -0.140. The minimum absolute atomic E-state index is 0.164. The van der Waals surface area contributed by atoms with Gasteiger partial charge in [0.2, 0.25) is 0 Å². The molecule has 2 aliphatic carbocycles. The van der Waals surface area contributed by atoms with Gasteiger partial charge in [-0.1, -0.05) is 25.5 Å². The zero-order valence-electron chi connectivity index (χ0n) is 11.3. The number of urea groups is 1. The molecular formula is C14H22N2O3. The number of rotatable bonds is 6. The first-order valence-corrected chi connectivity index (χ1v) is 7.00. The van der Waals surface area contributed by atoms with Crippen molar-refractivity contribution in [1.29, 1.82) is 0 Å². The van der Waals surface area contributed by atoms with Crippen molar-refractivity contribution in [3.8, 4) is 0 Å². The first-order valence-electron chi connectivity index (χ1n) is 7.00. The van der Waals surface area contributed by atoms with Crippen molar-refractivity contribution in [1.82, 2.24) is 10.6 Å². The number of aliphatic carboxylic acids is 1. The van der Waals surface area contributed by atoms with E-state index >= 15 is 0 Å². The number of amides is 2. The predicted octanol–water partition coefficient (Wildman–Crippen LogP) is 1.90. The quantitative estimate of drug-likeness (QED) is 0.642. The highest BCUT2D eigenvalue weighted by atomic mass is 16.4. The SMILES string of the molecule is CCCC1(CNC(=O)NC2C=CC(C(=O)O)C2)CC1. The van der Waals surface area contributed by atoms with Crippen molar-refractivity contribution >= 4 is 12.0 Å². The summed E-state index contributed by atoms with van der Waals surface area (Å²) >= 11 is 0. The van der Waals surface area contributed by atoms with E-state index in [1.165, 1.54) is 12.8 Å². The Hall–Kier alpha value is -1.52. The molecule has 2 unspecified atom stereocenters. The molecule has 0 aromatic rings. The van der Waals surface area contributed by atoms with E-state index in [1.54, 1.807) is 12.2 Å². The molecule has 3 N–H and O–H groups in total. The fraction of sp³-hybridized carbons (Fsp3) is 0.714. The Labute approximate surface area is 113 Å². The maximum atomic E-state index is 11.8. The second-order valence-corrected chi connectivity index (χ2v) is 5.75. The van der Waals surface area contributed by atoms with Crippen LogP contribution in [0.5, 0.6) is 0 Å². The van der Waals surface area contributed by atoms with Crippen LogP contribution in [0, 0.1) is 11.3 Å². The zero-order chi connectivity index (χ0) is 13.9. The lowest BCUT2D eigenvalue weighted by Gasteiger charge is -2.17. The molecule has 5 heteroatoms.